The number of aromatic nitrogens is 3. The van der Waals surface area contributed by atoms with Crippen molar-refractivity contribution in [2.24, 2.45) is 11.3 Å². The summed E-state index contributed by atoms with van der Waals surface area (Å²) >= 11 is 0. The van der Waals surface area contributed by atoms with E-state index < -0.39 is 17.2 Å². The molecule has 9 nitrogen and oxygen atoms in total. The van der Waals surface area contributed by atoms with Crippen molar-refractivity contribution in [3.05, 3.63) is 47.7 Å². The van der Waals surface area contributed by atoms with Crippen LogP contribution in [-0.4, -0.2) is 87.7 Å². The van der Waals surface area contributed by atoms with Crippen molar-refractivity contribution in [3.8, 4) is 23.0 Å². The number of hydrogen-bond donors (Lipinski definition) is 3. The van der Waals surface area contributed by atoms with Crippen LogP contribution in [0, 0.1) is 23.0 Å². The number of hydrogen-bond acceptors (Lipinski definition) is 9. The molecule has 4 aromatic rings. The van der Waals surface area contributed by atoms with Gasteiger partial charge >= 0.3 is 6.01 Å². The van der Waals surface area contributed by atoms with E-state index in [1.54, 1.807) is 13.0 Å². The lowest BCUT2D eigenvalue weighted by Gasteiger charge is -2.37. The molecule has 1 saturated heterocycles. The maximum atomic E-state index is 16.7. The highest BCUT2D eigenvalue weighted by molar-refractivity contribution is 6.01. The van der Waals surface area contributed by atoms with Gasteiger partial charge < -0.3 is 29.9 Å². The second-order valence-electron chi connectivity index (χ2n) is 13.0. The number of halogens is 2. The van der Waals surface area contributed by atoms with Crippen molar-refractivity contribution in [1.82, 2.24) is 19.9 Å². The number of aliphatic hydroxyl groups is 2. The van der Waals surface area contributed by atoms with E-state index in [1.165, 1.54) is 24.4 Å². The third kappa shape index (κ3) is 5.52. The SMILES string of the molecule is CCc1c(F)ccc2cc(O)cc(-c3ncc4c(N5CCC[C@@](C)(O)C5)nc(OCC5(CN(C)C)CC5CO)nc4c3F)c12. The molecule has 11 heteroatoms. The predicted molar refractivity (Wildman–Crippen MR) is 165 cm³/mol. The highest BCUT2D eigenvalue weighted by Gasteiger charge is 2.54. The normalized spacial score (nSPS) is 23.6. The maximum Gasteiger partial charge on any atom is 0.319 e. The third-order valence-electron chi connectivity index (χ3n) is 9.08. The van der Waals surface area contributed by atoms with Gasteiger partial charge in [-0.3, -0.25) is 4.98 Å². The molecule has 0 spiro atoms. The Balaban J connectivity index is 1.51. The fourth-order valence-corrected chi connectivity index (χ4v) is 6.89. The average molecular weight is 608 g/mol. The monoisotopic (exact) mass is 607 g/mol. The van der Waals surface area contributed by atoms with Gasteiger partial charge in [0.2, 0.25) is 0 Å². The molecule has 3 N–H and O–H groups in total. The molecule has 1 aliphatic carbocycles. The third-order valence-corrected chi connectivity index (χ3v) is 9.08. The summed E-state index contributed by atoms with van der Waals surface area (Å²) in [6.07, 6.45) is 3.99. The molecule has 0 amide bonds. The lowest BCUT2D eigenvalue weighted by molar-refractivity contribution is 0.0447. The first-order valence-corrected chi connectivity index (χ1v) is 15.1. The highest BCUT2D eigenvalue weighted by atomic mass is 19.1. The van der Waals surface area contributed by atoms with Crippen LogP contribution in [0.25, 0.3) is 32.9 Å². The zero-order valence-electron chi connectivity index (χ0n) is 25.6. The number of nitrogens with zero attached hydrogens (tertiary/aromatic N) is 5. The minimum atomic E-state index is -0.957. The predicted octanol–water partition coefficient (Wildman–Crippen LogP) is 4.68. The smallest absolute Gasteiger partial charge is 0.319 e. The quantitative estimate of drug-likeness (QED) is 0.250. The average Bonchev–Trinajstić information content (AvgIpc) is 3.67. The first kappa shape index (κ1) is 30.4. The fraction of sp³-hybridized carbons (Fsp3) is 0.485. The Hall–Kier alpha value is -3.67. The largest absolute Gasteiger partial charge is 0.508 e. The summed E-state index contributed by atoms with van der Waals surface area (Å²) in [6, 6.07) is 5.80. The summed E-state index contributed by atoms with van der Waals surface area (Å²) < 4.78 is 37.8. The number of ether oxygens (including phenoxy) is 1. The molecule has 44 heavy (non-hydrogen) atoms. The number of aryl methyl sites for hydroxylation is 1. The maximum absolute atomic E-state index is 16.7. The molecule has 1 saturated carbocycles. The number of anilines is 1. The number of β-amino-alcohol motifs (C(OH)–C–C–N with tert-alkyl or cyclic N) is 1. The van der Waals surface area contributed by atoms with Gasteiger partial charge in [-0.15, -0.1) is 0 Å². The van der Waals surface area contributed by atoms with Crippen LogP contribution in [0.15, 0.2) is 30.5 Å². The van der Waals surface area contributed by atoms with E-state index in [0.717, 1.165) is 6.42 Å². The molecule has 2 aromatic carbocycles. The van der Waals surface area contributed by atoms with Gasteiger partial charge in [0.25, 0.3) is 0 Å². The van der Waals surface area contributed by atoms with Gasteiger partial charge in [-0.2, -0.15) is 9.97 Å². The summed E-state index contributed by atoms with van der Waals surface area (Å²) in [6.45, 7) is 5.47. The molecule has 6 rings (SSSR count). The van der Waals surface area contributed by atoms with E-state index in [9.17, 15) is 19.7 Å². The number of aromatic hydroxyl groups is 1. The van der Waals surface area contributed by atoms with E-state index in [0.29, 0.717) is 59.9 Å². The summed E-state index contributed by atoms with van der Waals surface area (Å²) in [5, 5.41) is 32.6. The highest BCUT2D eigenvalue weighted by Crippen LogP contribution is 2.52. The number of pyridine rings is 1. The molecule has 234 valence electrons. The van der Waals surface area contributed by atoms with Crippen LogP contribution in [0.3, 0.4) is 0 Å². The van der Waals surface area contributed by atoms with Gasteiger partial charge in [0, 0.05) is 43.4 Å². The van der Waals surface area contributed by atoms with E-state index in [-0.39, 0.29) is 59.6 Å². The van der Waals surface area contributed by atoms with Gasteiger partial charge in [-0.05, 0) is 87.2 Å². The van der Waals surface area contributed by atoms with Gasteiger partial charge in [0.05, 0.1) is 17.6 Å². The molecule has 3 heterocycles. The number of rotatable bonds is 9. The minimum absolute atomic E-state index is 0.0171. The molecule has 2 fully saturated rings. The number of phenolic OH excluding ortho intramolecular Hbond substituents is 1. The Morgan fingerprint density at radius 1 is 1.18 bits per heavy atom. The minimum Gasteiger partial charge on any atom is -0.508 e. The van der Waals surface area contributed by atoms with Crippen LogP contribution in [0.4, 0.5) is 14.6 Å². The fourth-order valence-electron chi connectivity index (χ4n) is 6.89. The van der Waals surface area contributed by atoms with Crippen LogP contribution in [0.2, 0.25) is 0 Å². The molecule has 2 unspecified atom stereocenters. The van der Waals surface area contributed by atoms with Gasteiger partial charge in [-0.1, -0.05) is 13.0 Å². The molecular weight excluding hydrogens is 568 g/mol. The van der Waals surface area contributed by atoms with E-state index >= 15 is 4.39 Å². The van der Waals surface area contributed by atoms with Gasteiger partial charge in [0.1, 0.15) is 28.6 Å². The van der Waals surface area contributed by atoms with Crippen LogP contribution in [0.1, 0.15) is 38.7 Å². The number of piperidine rings is 1. The van der Waals surface area contributed by atoms with Crippen LogP contribution in [-0.2, 0) is 6.42 Å². The molecule has 2 aromatic heterocycles. The Labute approximate surface area is 255 Å². The number of benzene rings is 2. The van der Waals surface area contributed by atoms with E-state index in [4.69, 9.17) is 9.72 Å². The Bertz CT molecular complexity index is 1730. The van der Waals surface area contributed by atoms with Crippen molar-refractivity contribution < 1.29 is 28.8 Å². The van der Waals surface area contributed by atoms with Crippen LogP contribution >= 0.6 is 0 Å². The van der Waals surface area contributed by atoms with Crippen LogP contribution in [0.5, 0.6) is 11.8 Å². The van der Waals surface area contributed by atoms with Gasteiger partial charge in [-0.25, -0.2) is 8.78 Å². The van der Waals surface area contributed by atoms with Crippen LogP contribution < -0.4 is 9.64 Å². The summed E-state index contributed by atoms with van der Waals surface area (Å²) in [5.74, 6) is -0.777. The lowest BCUT2D eigenvalue weighted by Crippen LogP contribution is -2.46. The summed E-state index contributed by atoms with van der Waals surface area (Å²) in [5.41, 5.74) is -0.673. The molecule has 1 aliphatic heterocycles. The number of phenols is 1. The summed E-state index contributed by atoms with van der Waals surface area (Å²) in [4.78, 5) is 17.7. The molecular formula is C33H39F2N5O4. The van der Waals surface area contributed by atoms with Gasteiger partial charge in [0.15, 0.2) is 5.82 Å². The first-order chi connectivity index (χ1) is 20.9. The number of fused-ring (bicyclic) bond motifs is 2. The molecule has 3 atom stereocenters. The molecule has 0 radical (unpaired) electrons. The molecule has 2 aliphatic rings. The zero-order chi connectivity index (χ0) is 31.4. The Morgan fingerprint density at radius 2 is 1.98 bits per heavy atom. The van der Waals surface area contributed by atoms with Crippen molar-refractivity contribution in [3.63, 3.8) is 0 Å². The standard InChI is InChI=1S/C33H39F2N5O4/c1-5-22-25(34)8-7-19-11-21(42)12-23(26(19)22)28-27(35)29-24(14-36-28)30(40-10-6-9-32(2,43)16-40)38-31(37-29)44-18-33(17-39(3)4)13-20(33)15-41/h7-8,11-12,14,20,41-43H,5-6,9-10,13,15-18H2,1-4H3/t20?,32-,33?/m1/s1. The van der Waals surface area contributed by atoms with Crippen molar-refractivity contribution in [2.75, 3.05) is 51.8 Å². The topological polar surface area (TPSA) is 115 Å². The second kappa shape index (κ2) is 11.4. The Kier molecular flexibility index (Phi) is 7.84. The first-order valence-electron chi connectivity index (χ1n) is 15.1. The van der Waals surface area contributed by atoms with Crippen molar-refractivity contribution >= 4 is 27.5 Å². The van der Waals surface area contributed by atoms with E-state index in [2.05, 4.69) is 9.97 Å². The van der Waals surface area contributed by atoms with Crippen molar-refractivity contribution in [2.45, 2.75) is 45.1 Å². The Morgan fingerprint density at radius 3 is 2.66 bits per heavy atom. The zero-order valence-corrected chi connectivity index (χ0v) is 25.6. The summed E-state index contributed by atoms with van der Waals surface area (Å²) in [7, 11) is 3.93. The lowest BCUT2D eigenvalue weighted by atomic mass is 9.94. The second-order valence-corrected chi connectivity index (χ2v) is 13.0. The van der Waals surface area contributed by atoms with E-state index in [1.807, 2.05) is 30.8 Å². The van der Waals surface area contributed by atoms with Crippen molar-refractivity contribution in [1.29, 1.82) is 0 Å². The number of aliphatic hydroxyl groups excluding tert-OH is 1. The molecule has 0 bridgehead atoms.